The molecule has 1 heterocycles. The standard InChI is InChI=1S/C13H24N2O2/c1-11(17-10-12-4-2-3-5-12)13(16)15-8-6-14-7-9-15/h11-12,14H,2-10H2,1H3. The number of hydrogen-bond acceptors (Lipinski definition) is 3. The van der Waals surface area contributed by atoms with Crippen molar-refractivity contribution in [2.45, 2.75) is 38.7 Å². The topological polar surface area (TPSA) is 41.6 Å². The summed E-state index contributed by atoms with van der Waals surface area (Å²) in [7, 11) is 0. The van der Waals surface area contributed by atoms with E-state index in [1.807, 2.05) is 11.8 Å². The van der Waals surface area contributed by atoms with Crippen LogP contribution in [0, 0.1) is 5.92 Å². The summed E-state index contributed by atoms with van der Waals surface area (Å²) in [5.74, 6) is 0.845. The molecular weight excluding hydrogens is 216 g/mol. The highest BCUT2D eigenvalue weighted by Crippen LogP contribution is 2.25. The Balaban J connectivity index is 1.70. The smallest absolute Gasteiger partial charge is 0.251 e. The van der Waals surface area contributed by atoms with Crippen molar-refractivity contribution in [3.8, 4) is 0 Å². The van der Waals surface area contributed by atoms with E-state index in [-0.39, 0.29) is 12.0 Å². The quantitative estimate of drug-likeness (QED) is 0.797. The first kappa shape index (κ1) is 12.8. The highest BCUT2D eigenvalue weighted by Gasteiger charge is 2.24. The van der Waals surface area contributed by atoms with Crippen LogP contribution in [0.25, 0.3) is 0 Å². The van der Waals surface area contributed by atoms with Crippen molar-refractivity contribution in [1.82, 2.24) is 10.2 Å². The lowest BCUT2D eigenvalue weighted by Gasteiger charge is -2.30. The van der Waals surface area contributed by atoms with Crippen molar-refractivity contribution < 1.29 is 9.53 Å². The molecule has 0 aromatic carbocycles. The Morgan fingerprint density at radius 3 is 2.65 bits per heavy atom. The second-order valence-electron chi connectivity index (χ2n) is 5.20. The number of ether oxygens (including phenoxy) is 1. The van der Waals surface area contributed by atoms with Crippen LogP contribution in [-0.2, 0) is 9.53 Å². The van der Waals surface area contributed by atoms with Crippen LogP contribution >= 0.6 is 0 Å². The Morgan fingerprint density at radius 1 is 1.35 bits per heavy atom. The van der Waals surface area contributed by atoms with E-state index in [0.29, 0.717) is 5.92 Å². The molecule has 1 saturated carbocycles. The third kappa shape index (κ3) is 3.68. The molecule has 0 aromatic heterocycles. The van der Waals surface area contributed by atoms with E-state index >= 15 is 0 Å². The van der Waals surface area contributed by atoms with Gasteiger partial charge in [-0.05, 0) is 25.7 Å². The van der Waals surface area contributed by atoms with Crippen molar-refractivity contribution in [3.63, 3.8) is 0 Å². The van der Waals surface area contributed by atoms with Gasteiger partial charge in [-0.25, -0.2) is 0 Å². The van der Waals surface area contributed by atoms with Crippen LogP contribution in [0.15, 0.2) is 0 Å². The lowest BCUT2D eigenvalue weighted by atomic mass is 10.1. The zero-order valence-electron chi connectivity index (χ0n) is 10.8. The summed E-state index contributed by atoms with van der Waals surface area (Å²) in [4.78, 5) is 14.0. The predicted molar refractivity (Wildman–Crippen MR) is 66.8 cm³/mol. The van der Waals surface area contributed by atoms with Crippen molar-refractivity contribution in [2.24, 2.45) is 5.92 Å². The number of carbonyl (C=O) groups is 1. The Morgan fingerprint density at radius 2 is 2.00 bits per heavy atom. The maximum atomic E-state index is 12.1. The van der Waals surface area contributed by atoms with E-state index in [1.54, 1.807) is 0 Å². The fourth-order valence-corrected chi connectivity index (χ4v) is 2.67. The molecule has 1 aliphatic heterocycles. The summed E-state index contributed by atoms with van der Waals surface area (Å²) >= 11 is 0. The van der Waals surface area contributed by atoms with Crippen LogP contribution in [-0.4, -0.2) is 49.7 Å². The monoisotopic (exact) mass is 240 g/mol. The van der Waals surface area contributed by atoms with Crippen molar-refractivity contribution in [2.75, 3.05) is 32.8 Å². The first-order chi connectivity index (χ1) is 8.27. The van der Waals surface area contributed by atoms with E-state index in [9.17, 15) is 4.79 Å². The molecule has 1 saturated heterocycles. The minimum Gasteiger partial charge on any atom is -0.368 e. The predicted octanol–water partition coefficient (Wildman–Crippen LogP) is 1.01. The minimum atomic E-state index is -0.270. The molecule has 0 aromatic rings. The molecule has 0 spiro atoms. The van der Waals surface area contributed by atoms with Crippen molar-refractivity contribution in [1.29, 1.82) is 0 Å². The van der Waals surface area contributed by atoms with Crippen LogP contribution in [0.4, 0.5) is 0 Å². The molecule has 1 unspecified atom stereocenters. The Hall–Kier alpha value is -0.610. The fraction of sp³-hybridized carbons (Fsp3) is 0.923. The molecule has 0 radical (unpaired) electrons. The molecule has 1 atom stereocenters. The van der Waals surface area contributed by atoms with Crippen LogP contribution in [0.1, 0.15) is 32.6 Å². The van der Waals surface area contributed by atoms with Gasteiger partial charge >= 0.3 is 0 Å². The Kier molecular flexibility index (Phi) is 4.80. The Bertz CT molecular complexity index is 246. The molecule has 4 heteroatoms. The van der Waals surface area contributed by atoms with Gasteiger partial charge in [0.2, 0.25) is 0 Å². The van der Waals surface area contributed by atoms with Crippen molar-refractivity contribution in [3.05, 3.63) is 0 Å². The van der Waals surface area contributed by atoms with Gasteiger partial charge in [0.05, 0.1) is 6.61 Å². The average Bonchev–Trinajstić information content (AvgIpc) is 2.89. The molecule has 2 rings (SSSR count). The van der Waals surface area contributed by atoms with Gasteiger partial charge in [0.1, 0.15) is 6.10 Å². The summed E-state index contributed by atoms with van der Waals surface area (Å²) in [5.41, 5.74) is 0. The largest absolute Gasteiger partial charge is 0.368 e. The number of rotatable bonds is 4. The summed E-state index contributed by atoms with van der Waals surface area (Å²) in [6.45, 7) is 6.09. The molecule has 2 aliphatic rings. The third-order valence-electron chi connectivity index (χ3n) is 3.83. The fourth-order valence-electron chi connectivity index (χ4n) is 2.67. The summed E-state index contributed by atoms with van der Waals surface area (Å²) in [6.07, 6.45) is 4.93. The second-order valence-corrected chi connectivity index (χ2v) is 5.20. The van der Waals surface area contributed by atoms with Gasteiger partial charge in [-0.15, -0.1) is 0 Å². The third-order valence-corrected chi connectivity index (χ3v) is 3.83. The van der Waals surface area contributed by atoms with E-state index in [1.165, 1.54) is 25.7 Å². The van der Waals surface area contributed by atoms with Crippen LogP contribution in [0.5, 0.6) is 0 Å². The summed E-state index contributed by atoms with van der Waals surface area (Å²) in [6, 6.07) is 0. The minimum absolute atomic E-state index is 0.157. The Labute approximate surface area is 104 Å². The second kappa shape index (κ2) is 6.36. The maximum absolute atomic E-state index is 12.1. The molecule has 1 N–H and O–H groups in total. The van der Waals surface area contributed by atoms with Gasteiger partial charge in [-0.2, -0.15) is 0 Å². The summed E-state index contributed by atoms with van der Waals surface area (Å²) < 4.78 is 5.73. The number of piperazine rings is 1. The molecule has 17 heavy (non-hydrogen) atoms. The summed E-state index contributed by atoms with van der Waals surface area (Å²) in [5, 5.41) is 3.25. The van der Waals surface area contributed by atoms with Gasteiger partial charge in [-0.1, -0.05) is 12.8 Å². The number of nitrogens with one attached hydrogen (secondary N) is 1. The molecule has 2 fully saturated rings. The van der Waals surface area contributed by atoms with Crippen LogP contribution in [0.2, 0.25) is 0 Å². The normalized spacial score (nSPS) is 23.9. The maximum Gasteiger partial charge on any atom is 0.251 e. The van der Waals surface area contributed by atoms with Crippen LogP contribution in [0.3, 0.4) is 0 Å². The first-order valence-electron chi connectivity index (χ1n) is 6.88. The van der Waals surface area contributed by atoms with E-state index in [4.69, 9.17) is 4.74 Å². The molecule has 98 valence electrons. The molecular formula is C13H24N2O2. The van der Waals surface area contributed by atoms with E-state index in [0.717, 1.165) is 32.8 Å². The van der Waals surface area contributed by atoms with Gasteiger partial charge in [0.15, 0.2) is 0 Å². The van der Waals surface area contributed by atoms with Gasteiger partial charge in [0.25, 0.3) is 5.91 Å². The zero-order valence-corrected chi connectivity index (χ0v) is 10.8. The average molecular weight is 240 g/mol. The van der Waals surface area contributed by atoms with Crippen molar-refractivity contribution >= 4 is 5.91 Å². The number of amides is 1. The highest BCUT2D eigenvalue weighted by atomic mass is 16.5. The van der Waals surface area contributed by atoms with E-state index < -0.39 is 0 Å². The lowest BCUT2D eigenvalue weighted by Crippen LogP contribution is -2.49. The molecule has 1 aliphatic carbocycles. The zero-order chi connectivity index (χ0) is 12.1. The number of hydrogen-bond donors (Lipinski definition) is 1. The lowest BCUT2D eigenvalue weighted by molar-refractivity contribution is -0.144. The van der Waals surface area contributed by atoms with Gasteiger partial charge in [0, 0.05) is 26.2 Å². The SMILES string of the molecule is CC(OCC1CCCC1)C(=O)N1CCNCC1. The molecule has 4 nitrogen and oxygen atoms in total. The van der Waals surface area contributed by atoms with Gasteiger partial charge < -0.3 is 15.0 Å². The first-order valence-corrected chi connectivity index (χ1v) is 6.88. The molecule has 0 bridgehead atoms. The van der Waals surface area contributed by atoms with Gasteiger partial charge in [-0.3, -0.25) is 4.79 Å². The highest BCUT2D eigenvalue weighted by molar-refractivity contribution is 5.80. The van der Waals surface area contributed by atoms with Crippen LogP contribution < -0.4 is 5.32 Å². The molecule has 1 amide bonds. The van der Waals surface area contributed by atoms with E-state index in [2.05, 4.69) is 5.32 Å². The number of carbonyl (C=O) groups excluding carboxylic acids is 1. The number of nitrogens with zero attached hydrogens (tertiary/aromatic N) is 1.